The molecule has 0 saturated carbocycles. The second-order valence-electron chi connectivity index (χ2n) is 11.4. The van der Waals surface area contributed by atoms with Crippen molar-refractivity contribution < 1.29 is 33.3 Å². The van der Waals surface area contributed by atoms with Gasteiger partial charge in [0.15, 0.2) is 18.5 Å². The highest BCUT2D eigenvalue weighted by Gasteiger charge is 2.52. The number of benzene rings is 4. The van der Waals surface area contributed by atoms with E-state index >= 15 is 0 Å². The summed E-state index contributed by atoms with van der Waals surface area (Å²) in [6, 6.07) is 39.0. The lowest BCUT2D eigenvalue weighted by molar-refractivity contribution is -0.299. The first-order valence-corrected chi connectivity index (χ1v) is 15.6. The van der Waals surface area contributed by atoms with Crippen molar-refractivity contribution in [2.24, 2.45) is 0 Å². The highest BCUT2D eigenvalue weighted by Crippen LogP contribution is 2.33. The van der Waals surface area contributed by atoms with Crippen LogP contribution in [-0.2, 0) is 59.6 Å². The average Bonchev–Trinajstić information content (AvgIpc) is 3.06. The lowest BCUT2D eigenvalue weighted by Crippen LogP contribution is -2.66. The molecule has 1 fully saturated rings. The van der Waals surface area contributed by atoms with E-state index in [-0.39, 0.29) is 13.2 Å². The van der Waals surface area contributed by atoms with E-state index in [0.717, 1.165) is 22.3 Å². The Labute approximate surface area is 270 Å². The van der Waals surface area contributed by atoms with E-state index in [9.17, 15) is 9.59 Å². The van der Waals surface area contributed by atoms with Gasteiger partial charge in [-0.15, -0.1) is 0 Å². The molecule has 4 aromatic rings. The van der Waals surface area contributed by atoms with Gasteiger partial charge in [0.05, 0.1) is 19.8 Å². The van der Waals surface area contributed by atoms with Crippen molar-refractivity contribution in [3.8, 4) is 0 Å². The van der Waals surface area contributed by atoms with Crippen molar-refractivity contribution in [2.45, 2.75) is 70.8 Å². The molecule has 0 spiro atoms. The Balaban J connectivity index is 1.52. The zero-order chi connectivity index (χ0) is 32.1. The number of hydrogen-bond donors (Lipinski definition) is 0. The summed E-state index contributed by atoms with van der Waals surface area (Å²) in [5.74, 6) is -1.02. The first-order valence-electron chi connectivity index (χ1n) is 15.6. The molecule has 8 nitrogen and oxygen atoms in total. The molecule has 46 heavy (non-hydrogen) atoms. The summed E-state index contributed by atoms with van der Waals surface area (Å²) in [6.45, 7) is 4.36. The summed E-state index contributed by atoms with van der Waals surface area (Å²) >= 11 is 0. The van der Waals surface area contributed by atoms with E-state index in [0.29, 0.717) is 19.7 Å². The van der Waals surface area contributed by atoms with Gasteiger partial charge in [0.25, 0.3) is 0 Å². The van der Waals surface area contributed by atoms with Gasteiger partial charge in [-0.2, -0.15) is 0 Å². The maximum absolute atomic E-state index is 12.7. The van der Waals surface area contributed by atoms with Crippen LogP contribution in [0.3, 0.4) is 0 Å². The van der Waals surface area contributed by atoms with Crippen LogP contribution in [0, 0.1) is 0 Å². The molecule has 0 aromatic heterocycles. The van der Waals surface area contributed by atoms with Gasteiger partial charge in [-0.1, -0.05) is 121 Å². The first-order chi connectivity index (χ1) is 22.5. The van der Waals surface area contributed by atoms with E-state index in [2.05, 4.69) is 4.90 Å². The number of nitrogens with zero attached hydrogens (tertiary/aromatic N) is 1. The zero-order valence-electron chi connectivity index (χ0n) is 26.3. The van der Waals surface area contributed by atoms with Gasteiger partial charge < -0.3 is 23.7 Å². The van der Waals surface area contributed by atoms with Gasteiger partial charge in [-0.05, 0) is 22.3 Å². The fourth-order valence-electron chi connectivity index (χ4n) is 5.73. The van der Waals surface area contributed by atoms with Crippen LogP contribution in [0.25, 0.3) is 0 Å². The van der Waals surface area contributed by atoms with Gasteiger partial charge in [0.2, 0.25) is 0 Å². The number of hydrogen-bond acceptors (Lipinski definition) is 8. The number of ether oxygens (including phenoxy) is 5. The molecule has 0 bridgehead atoms. The van der Waals surface area contributed by atoms with Crippen LogP contribution in [0.15, 0.2) is 121 Å². The lowest BCUT2D eigenvalue weighted by Gasteiger charge is -2.49. The second kappa shape index (κ2) is 16.8. The van der Waals surface area contributed by atoms with Crippen LogP contribution in [0.4, 0.5) is 0 Å². The molecule has 1 aliphatic rings. The minimum absolute atomic E-state index is 0.0832. The van der Waals surface area contributed by atoms with E-state index in [1.807, 2.05) is 121 Å². The highest BCUT2D eigenvalue weighted by atomic mass is 16.7. The summed E-state index contributed by atoms with van der Waals surface area (Å²) in [5.41, 5.74) is 4.06. The molecule has 5 atom stereocenters. The number of carbonyl (C=O) groups is 2. The van der Waals surface area contributed by atoms with E-state index in [4.69, 9.17) is 23.7 Å². The van der Waals surface area contributed by atoms with Gasteiger partial charge in [-0.3, -0.25) is 14.5 Å². The standard InChI is InChI=1S/C38H41NO7/c1-28(40)44-36-34(27-42-25-32-19-11-5-12-20-32)46-38(43-26-33-21-13-6-14-22-33)35(37(36)45-29(2)41)39(23-30-15-7-3-8-16-30)24-31-17-9-4-10-18-31/h3-22,34-38H,23-27H2,1-2H3/t34-,35-,36-,37-,38?/m1/s1. The molecule has 1 aliphatic heterocycles. The molecular formula is C38H41NO7. The summed E-state index contributed by atoms with van der Waals surface area (Å²) < 4.78 is 31.3. The quantitative estimate of drug-likeness (QED) is 0.156. The minimum atomic E-state index is -0.951. The van der Waals surface area contributed by atoms with Crippen molar-refractivity contribution in [3.63, 3.8) is 0 Å². The molecule has 8 heteroatoms. The fourth-order valence-corrected chi connectivity index (χ4v) is 5.73. The van der Waals surface area contributed by atoms with Crippen LogP contribution in [-0.4, -0.2) is 54.1 Å². The Kier molecular flexibility index (Phi) is 12.1. The topological polar surface area (TPSA) is 83.5 Å². The third kappa shape index (κ3) is 9.58. The Hall–Kier alpha value is -4.34. The maximum Gasteiger partial charge on any atom is 0.303 e. The molecule has 0 radical (unpaired) electrons. The summed E-state index contributed by atoms with van der Waals surface area (Å²) in [4.78, 5) is 27.4. The molecule has 4 aromatic carbocycles. The summed E-state index contributed by atoms with van der Waals surface area (Å²) in [5, 5.41) is 0. The van der Waals surface area contributed by atoms with E-state index < -0.39 is 42.6 Å². The average molecular weight is 624 g/mol. The van der Waals surface area contributed by atoms with Crippen LogP contribution in [0.1, 0.15) is 36.1 Å². The van der Waals surface area contributed by atoms with Crippen LogP contribution in [0.2, 0.25) is 0 Å². The van der Waals surface area contributed by atoms with Gasteiger partial charge in [0.1, 0.15) is 12.1 Å². The third-order valence-corrected chi connectivity index (χ3v) is 7.75. The second-order valence-corrected chi connectivity index (χ2v) is 11.4. The normalized spacial score (nSPS) is 21.1. The zero-order valence-corrected chi connectivity index (χ0v) is 26.3. The third-order valence-electron chi connectivity index (χ3n) is 7.75. The maximum atomic E-state index is 12.7. The molecule has 0 amide bonds. The van der Waals surface area contributed by atoms with Gasteiger partial charge in [-0.25, -0.2) is 0 Å². The Bertz CT molecular complexity index is 1450. The van der Waals surface area contributed by atoms with Gasteiger partial charge >= 0.3 is 11.9 Å². The molecule has 5 rings (SSSR count). The molecule has 0 aliphatic carbocycles. The van der Waals surface area contributed by atoms with Crippen LogP contribution >= 0.6 is 0 Å². The summed E-state index contributed by atoms with van der Waals surface area (Å²) in [7, 11) is 0. The van der Waals surface area contributed by atoms with E-state index in [1.54, 1.807) is 0 Å². The lowest BCUT2D eigenvalue weighted by atomic mass is 9.93. The van der Waals surface area contributed by atoms with E-state index in [1.165, 1.54) is 13.8 Å². The molecule has 1 heterocycles. The molecule has 240 valence electrons. The SMILES string of the molecule is CC(=O)O[C@H]1[C@H](OC(C)=O)[C@@H](N(Cc2ccccc2)Cc2ccccc2)C(OCc2ccccc2)O[C@@H]1COCc1ccccc1. The number of carbonyl (C=O) groups excluding carboxylic acids is 2. The molecular weight excluding hydrogens is 582 g/mol. The fraction of sp³-hybridized carbons (Fsp3) is 0.316. The first kappa shape index (κ1) is 33.0. The Morgan fingerprint density at radius 3 is 1.52 bits per heavy atom. The predicted molar refractivity (Wildman–Crippen MR) is 173 cm³/mol. The number of esters is 2. The van der Waals surface area contributed by atoms with Gasteiger partial charge in [0, 0.05) is 26.9 Å². The summed E-state index contributed by atoms with van der Waals surface area (Å²) in [6.07, 6.45) is -3.51. The number of rotatable bonds is 14. The van der Waals surface area contributed by atoms with Crippen LogP contribution in [0.5, 0.6) is 0 Å². The highest BCUT2D eigenvalue weighted by molar-refractivity contribution is 5.67. The largest absolute Gasteiger partial charge is 0.457 e. The Morgan fingerprint density at radius 1 is 0.609 bits per heavy atom. The molecule has 0 N–H and O–H groups in total. The molecule has 1 saturated heterocycles. The van der Waals surface area contributed by atoms with Crippen molar-refractivity contribution in [1.82, 2.24) is 4.90 Å². The van der Waals surface area contributed by atoms with Crippen molar-refractivity contribution in [2.75, 3.05) is 6.61 Å². The minimum Gasteiger partial charge on any atom is -0.457 e. The molecule has 1 unspecified atom stereocenters. The predicted octanol–water partition coefficient (Wildman–Crippen LogP) is 6.08. The van der Waals surface area contributed by atoms with Crippen molar-refractivity contribution in [1.29, 1.82) is 0 Å². The smallest absolute Gasteiger partial charge is 0.303 e. The van der Waals surface area contributed by atoms with Crippen LogP contribution < -0.4 is 0 Å². The van der Waals surface area contributed by atoms with Crippen molar-refractivity contribution >= 4 is 11.9 Å². The monoisotopic (exact) mass is 623 g/mol. The van der Waals surface area contributed by atoms with Crippen molar-refractivity contribution in [3.05, 3.63) is 144 Å². The Morgan fingerprint density at radius 2 is 1.04 bits per heavy atom.